The van der Waals surface area contributed by atoms with Crippen molar-refractivity contribution in [2.75, 3.05) is 45.8 Å². The lowest BCUT2D eigenvalue weighted by Crippen LogP contribution is -2.18. The molecule has 256 valence electrons. The van der Waals surface area contributed by atoms with Crippen molar-refractivity contribution in [3.63, 3.8) is 0 Å². The molecule has 0 heterocycles. The molecule has 6 rings (SSSR count). The lowest BCUT2D eigenvalue weighted by atomic mass is 10.1. The normalized spacial score (nSPS) is 9.98. The van der Waals surface area contributed by atoms with E-state index in [0.717, 1.165) is 17.9 Å². The minimum absolute atomic E-state index is 0.646. The quantitative estimate of drug-likeness (QED) is 0.0667. The Morgan fingerprint density at radius 2 is 0.898 bits per heavy atom. The Balaban J connectivity index is 0.000000218. The number of para-hydroxylation sites is 3. The largest absolute Gasteiger partial charge is 0.399 e. The molecule has 0 fully saturated rings. The fourth-order valence-electron chi connectivity index (χ4n) is 4.98. The fourth-order valence-corrected chi connectivity index (χ4v) is 4.98. The number of hydrogen-bond acceptors (Lipinski definition) is 7. The minimum Gasteiger partial charge on any atom is -0.399 e. The summed E-state index contributed by atoms with van der Waals surface area (Å²) in [6.45, 7) is 3.35. The topological polar surface area (TPSA) is 159 Å². The number of anilines is 8. The summed E-state index contributed by atoms with van der Waals surface area (Å²) in [7, 11) is 0. The molecule has 0 atom stereocenters. The van der Waals surface area contributed by atoms with Crippen molar-refractivity contribution in [3.8, 4) is 0 Å². The van der Waals surface area contributed by atoms with Gasteiger partial charge in [0, 0.05) is 40.7 Å². The van der Waals surface area contributed by atoms with Gasteiger partial charge < -0.3 is 39.3 Å². The van der Waals surface area contributed by atoms with E-state index in [0.29, 0.717) is 22.7 Å². The highest BCUT2D eigenvalue weighted by Crippen LogP contribution is 2.29. The number of nitrogens with zero attached hydrogens (tertiary/aromatic N) is 1. The molecule has 0 aromatic heterocycles. The number of rotatable bonds is 9. The van der Waals surface area contributed by atoms with Crippen LogP contribution in [-0.2, 0) is 0 Å². The first-order chi connectivity index (χ1) is 23.8. The van der Waals surface area contributed by atoms with Crippen LogP contribution in [0.5, 0.6) is 0 Å². The molecule has 49 heavy (non-hydrogen) atoms. The third-order valence-electron chi connectivity index (χ3n) is 7.69. The smallest absolute Gasteiger partial charge is 0.0547 e. The molecule has 0 saturated heterocycles. The van der Waals surface area contributed by atoms with Crippen molar-refractivity contribution in [2.24, 2.45) is 0 Å². The fraction of sp³-hybridized carbons (Fsp3) is 0.190. The second kappa shape index (κ2) is 21.1. The zero-order valence-corrected chi connectivity index (χ0v) is 28.7. The van der Waals surface area contributed by atoms with Gasteiger partial charge in [-0.3, -0.25) is 0 Å². The minimum atomic E-state index is 0.646. The molecular weight excluding hydrogens is 603 g/mol. The third kappa shape index (κ3) is 14.2. The second-order valence-corrected chi connectivity index (χ2v) is 11.8. The van der Waals surface area contributed by atoms with Crippen LogP contribution in [0.25, 0.3) is 10.8 Å². The number of fused-ring (bicyclic) bond motifs is 1. The van der Waals surface area contributed by atoms with Gasteiger partial charge in [0.2, 0.25) is 0 Å². The van der Waals surface area contributed by atoms with E-state index in [2.05, 4.69) is 84.6 Å². The summed E-state index contributed by atoms with van der Waals surface area (Å²) < 4.78 is 0. The van der Waals surface area contributed by atoms with Crippen LogP contribution < -0.4 is 39.3 Å². The highest BCUT2D eigenvalue weighted by molar-refractivity contribution is 5.87. The third-order valence-corrected chi connectivity index (χ3v) is 7.69. The summed E-state index contributed by atoms with van der Waals surface area (Å²) in [6, 6.07) is 47.7. The highest BCUT2D eigenvalue weighted by Gasteiger charge is 2.09. The molecule has 0 spiro atoms. The van der Waals surface area contributed by atoms with Gasteiger partial charge in [0.15, 0.2) is 0 Å². The molecule has 0 bridgehead atoms. The molecule has 0 radical (unpaired) electrons. The predicted octanol–water partition coefficient (Wildman–Crippen LogP) is 9.89. The SMILES string of the molecule is CCCCCCCCN(c1ccccc1)c1ccc2ccccc2c1.Nc1ccc(N)cc1.Nc1cccc(N)c1.Nc1ccccc1N. The Morgan fingerprint density at radius 3 is 1.43 bits per heavy atom. The van der Waals surface area contributed by atoms with Crippen molar-refractivity contribution in [2.45, 2.75) is 45.4 Å². The molecule has 0 saturated carbocycles. The van der Waals surface area contributed by atoms with Gasteiger partial charge in [0.25, 0.3) is 0 Å². The maximum Gasteiger partial charge on any atom is 0.0547 e. The summed E-state index contributed by atoms with van der Waals surface area (Å²) in [6.07, 6.45) is 7.97. The van der Waals surface area contributed by atoms with Crippen LogP contribution in [0.1, 0.15) is 45.4 Å². The Hall–Kier alpha value is -5.82. The summed E-state index contributed by atoms with van der Waals surface area (Å²) >= 11 is 0. The first-order valence-corrected chi connectivity index (χ1v) is 16.9. The Bertz CT molecular complexity index is 1710. The summed E-state index contributed by atoms with van der Waals surface area (Å²) in [4.78, 5) is 2.46. The van der Waals surface area contributed by atoms with Crippen LogP contribution in [0, 0.1) is 0 Å². The van der Waals surface area contributed by atoms with Crippen LogP contribution in [0.3, 0.4) is 0 Å². The van der Waals surface area contributed by atoms with Gasteiger partial charge in [-0.25, -0.2) is 0 Å². The van der Waals surface area contributed by atoms with E-state index in [1.54, 1.807) is 54.6 Å². The van der Waals surface area contributed by atoms with Gasteiger partial charge in [-0.05, 0) is 96.1 Å². The molecule has 7 heteroatoms. The maximum atomic E-state index is 5.39. The van der Waals surface area contributed by atoms with Crippen molar-refractivity contribution in [1.29, 1.82) is 0 Å². The summed E-state index contributed by atoms with van der Waals surface area (Å²) in [5.74, 6) is 0. The number of nitrogens with two attached hydrogens (primary N) is 6. The van der Waals surface area contributed by atoms with E-state index in [4.69, 9.17) is 34.4 Å². The zero-order chi connectivity index (χ0) is 35.3. The number of unbranched alkanes of at least 4 members (excludes halogenated alkanes) is 5. The average Bonchev–Trinajstić information content (AvgIpc) is 3.11. The van der Waals surface area contributed by atoms with Crippen molar-refractivity contribution < 1.29 is 0 Å². The molecular formula is C42H53N7. The van der Waals surface area contributed by atoms with Crippen LogP contribution >= 0.6 is 0 Å². The van der Waals surface area contributed by atoms with Gasteiger partial charge >= 0.3 is 0 Å². The van der Waals surface area contributed by atoms with Crippen LogP contribution in [0.15, 0.2) is 146 Å². The lowest BCUT2D eigenvalue weighted by Gasteiger charge is -2.25. The molecule has 0 amide bonds. The van der Waals surface area contributed by atoms with Crippen molar-refractivity contribution >= 4 is 56.3 Å². The predicted molar refractivity (Wildman–Crippen MR) is 217 cm³/mol. The van der Waals surface area contributed by atoms with Crippen molar-refractivity contribution in [1.82, 2.24) is 0 Å². The first-order valence-electron chi connectivity index (χ1n) is 16.9. The first kappa shape index (κ1) is 37.6. The average molecular weight is 656 g/mol. The number of hydrogen-bond donors (Lipinski definition) is 6. The molecule has 6 aromatic rings. The Kier molecular flexibility index (Phi) is 16.2. The molecule has 0 unspecified atom stereocenters. The van der Waals surface area contributed by atoms with E-state index >= 15 is 0 Å². The standard InChI is InChI=1S/C24H29N.3C6H8N2/c1-2-3-4-5-6-12-19-25(23-15-8-7-9-16-23)24-18-17-21-13-10-11-14-22(21)20-24;7-5-1-2-6(8)4-3-5;7-5-2-1-3-6(8)4-5;7-5-3-1-2-4-6(5)8/h7-11,13-18,20H,2-6,12,19H2,1H3;3*1-4H,7-8H2. The van der Waals surface area contributed by atoms with Gasteiger partial charge in [-0.2, -0.15) is 0 Å². The van der Waals surface area contributed by atoms with Crippen molar-refractivity contribution in [3.05, 3.63) is 146 Å². The van der Waals surface area contributed by atoms with E-state index in [9.17, 15) is 0 Å². The maximum absolute atomic E-state index is 5.39. The van der Waals surface area contributed by atoms with E-state index < -0.39 is 0 Å². The molecule has 0 aliphatic carbocycles. The van der Waals surface area contributed by atoms with Crippen LogP contribution in [0.2, 0.25) is 0 Å². The Labute approximate surface area is 292 Å². The van der Waals surface area contributed by atoms with Gasteiger partial charge in [0.05, 0.1) is 11.4 Å². The lowest BCUT2D eigenvalue weighted by molar-refractivity contribution is 0.609. The highest BCUT2D eigenvalue weighted by atomic mass is 15.1. The van der Waals surface area contributed by atoms with Gasteiger partial charge in [-0.15, -0.1) is 0 Å². The number of nitrogen functional groups attached to an aromatic ring is 6. The van der Waals surface area contributed by atoms with Gasteiger partial charge in [-0.1, -0.05) is 106 Å². The second-order valence-electron chi connectivity index (χ2n) is 11.8. The van der Waals surface area contributed by atoms with Crippen LogP contribution in [-0.4, -0.2) is 6.54 Å². The summed E-state index contributed by atoms with van der Waals surface area (Å²) in [5.41, 5.74) is 39.1. The molecule has 12 N–H and O–H groups in total. The van der Waals surface area contributed by atoms with Crippen LogP contribution in [0.4, 0.5) is 45.5 Å². The monoisotopic (exact) mass is 655 g/mol. The molecule has 6 aromatic carbocycles. The number of benzene rings is 6. The van der Waals surface area contributed by atoms with E-state index in [1.807, 2.05) is 18.2 Å². The molecule has 0 aliphatic rings. The van der Waals surface area contributed by atoms with Gasteiger partial charge in [0.1, 0.15) is 0 Å². The van der Waals surface area contributed by atoms with E-state index in [-0.39, 0.29) is 0 Å². The Morgan fingerprint density at radius 1 is 0.388 bits per heavy atom. The molecule has 7 nitrogen and oxygen atoms in total. The molecule has 0 aliphatic heterocycles. The van der Waals surface area contributed by atoms with E-state index in [1.165, 1.54) is 60.7 Å². The zero-order valence-electron chi connectivity index (χ0n) is 28.7. The summed E-state index contributed by atoms with van der Waals surface area (Å²) in [5, 5.41) is 2.61.